The summed E-state index contributed by atoms with van der Waals surface area (Å²) in [5.41, 5.74) is 6.09. The third-order valence-electron chi connectivity index (χ3n) is 7.67. The van der Waals surface area contributed by atoms with Crippen molar-refractivity contribution < 1.29 is 38.0 Å². The predicted molar refractivity (Wildman–Crippen MR) is 175 cm³/mol. The van der Waals surface area contributed by atoms with Crippen molar-refractivity contribution in [1.29, 1.82) is 0 Å². The Hall–Kier alpha value is -5.97. The molecule has 0 fully saturated rings. The lowest BCUT2D eigenvalue weighted by molar-refractivity contribution is -0.132. The fourth-order valence-electron chi connectivity index (χ4n) is 5.48. The molecule has 0 radical (unpaired) electrons. The van der Waals surface area contributed by atoms with Crippen molar-refractivity contribution in [2.75, 3.05) is 33.4 Å². The summed E-state index contributed by atoms with van der Waals surface area (Å²) in [5.74, 6) is 1.82. The first-order valence-electron chi connectivity index (χ1n) is 14.7. The molecule has 0 bridgehead atoms. The standard InChI is InChI=1S/C36H33N3O8/c1-20-7-13-27(21(2)15-20)39-36(47-22(3)40)32(33(38-39)25-17-30(42-4)34(44-6)31(18-25)43-5)23-8-11-26(12-9-23)37-35(41)24-10-14-28-29(16-24)46-19-45-28/h7-18H,19H2,1-6H3,(H,37,41). The Labute approximate surface area is 271 Å². The molecule has 6 rings (SSSR count). The van der Waals surface area contributed by atoms with E-state index in [1.54, 1.807) is 47.1 Å². The Kier molecular flexibility index (Phi) is 8.45. The molecule has 11 heteroatoms. The van der Waals surface area contributed by atoms with E-state index in [-0.39, 0.29) is 18.6 Å². The molecule has 0 atom stereocenters. The van der Waals surface area contributed by atoms with Crippen LogP contribution >= 0.6 is 0 Å². The van der Waals surface area contributed by atoms with Gasteiger partial charge in [-0.2, -0.15) is 9.78 Å². The van der Waals surface area contributed by atoms with Crippen LogP contribution in [0.3, 0.4) is 0 Å². The van der Waals surface area contributed by atoms with E-state index >= 15 is 0 Å². The van der Waals surface area contributed by atoms with Gasteiger partial charge >= 0.3 is 5.97 Å². The highest BCUT2D eigenvalue weighted by atomic mass is 16.7. The van der Waals surface area contributed by atoms with Crippen molar-refractivity contribution in [1.82, 2.24) is 9.78 Å². The van der Waals surface area contributed by atoms with Crippen LogP contribution in [0.2, 0.25) is 0 Å². The number of ether oxygens (including phenoxy) is 6. The van der Waals surface area contributed by atoms with Gasteiger partial charge in [-0.25, -0.2) is 0 Å². The van der Waals surface area contributed by atoms with Crippen molar-refractivity contribution in [2.24, 2.45) is 0 Å². The minimum absolute atomic E-state index is 0.120. The Morgan fingerprint density at radius 1 is 0.809 bits per heavy atom. The maximum atomic E-state index is 13.1. The van der Waals surface area contributed by atoms with E-state index in [9.17, 15) is 9.59 Å². The normalized spacial score (nSPS) is 11.6. The van der Waals surface area contributed by atoms with Crippen LogP contribution < -0.4 is 33.7 Å². The highest BCUT2D eigenvalue weighted by molar-refractivity contribution is 6.05. The smallest absolute Gasteiger partial charge is 0.309 e. The van der Waals surface area contributed by atoms with E-state index in [1.165, 1.54) is 28.3 Å². The number of aryl methyl sites for hydroxylation is 2. The fourth-order valence-corrected chi connectivity index (χ4v) is 5.48. The summed E-state index contributed by atoms with van der Waals surface area (Å²) in [6, 6.07) is 21.7. The van der Waals surface area contributed by atoms with Crippen molar-refractivity contribution in [3.63, 3.8) is 0 Å². The monoisotopic (exact) mass is 635 g/mol. The van der Waals surface area contributed by atoms with Gasteiger partial charge in [0.2, 0.25) is 18.4 Å². The molecule has 1 N–H and O–H groups in total. The topological polar surface area (TPSA) is 119 Å². The van der Waals surface area contributed by atoms with E-state index in [4.69, 9.17) is 33.5 Å². The van der Waals surface area contributed by atoms with Gasteiger partial charge in [0.05, 0.1) is 32.6 Å². The summed E-state index contributed by atoms with van der Waals surface area (Å²) in [5, 5.41) is 7.93. The van der Waals surface area contributed by atoms with Gasteiger partial charge in [-0.1, -0.05) is 29.8 Å². The number of nitrogens with one attached hydrogen (secondary N) is 1. The lowest BCUT2D eigenvalue weighted by atomic mass is 10.00. The maximum Gasteiger partial charge on any atom is 0.309 e. The van der Waals surface area contributed by atoms with Gasteiger partial charge in [-0.15, -0.1) is 0 Å². The number of amides is 1. The van der Waals surface area contributed by atoms with Gasteiger partial charge in [0.1, 0.15) is 5.69 Å². The Morgan fingerprint density at radius 2 is 1.51 bits per heavy atom. The summed E-state index contributed by atoms with van der Waals surface area (Å²) in [4.78, 5) is 25.6. The molecule has 0 aliphatic carbocycles. The number of nitrogens with zero attached hydrogens (tertiary/aromatic N) is 2. The van der Waals surface area contributed by atoms with Crippen molar-refractivity contribution in [3.8, 4) is 62.7 Å². The fraction of sp³-hybridized carbons (Fsp3) is 0.194. The molecule has 2 heterocycles. The largest absolute Gasteiger partial charge is 0.493 e. The summed E-state index contributed by atoms with van der Waals surface area (Å²) >= 11 is 0. The molecule has 0 unspecified atom stereocenters. The number of anilines is 1. The van der Waals surface area contributed by atoms with Crippen molar-refractivity contribution >= 4 is 17.6 Å². The van der Waals surface area contributed by atoms with Crippen LogP contribution in [0.5, 0.6) is 34.6 Å². The van der Waals surface area contributed by atoms with Crippen LogP contribution in [-0.4, -0.2) is 49.8 Å². The molecule has 1 aliphatic rings. The number of hydrogen-bond donors (Lipinski definition) is 1. The number of methoxy groups -OCH3 is 3. The molecule has 1 aliphatic heterocycles. The van der Waals surface area contributed by atoms with Crippen LogP contribution in [0.25, 0.3) is 28.1 Å². The molecule has 0 saturated heterocycles. The van der Waals surface area contributed by atoms with Crippen molar-refractivity contribution in [3.05, 3.63) is 89.5 Å². The zero-order valence-corrected chi connectivity index (χ0v) is 26.8. The lowest BCUT2D eigenvalue weighted by Gasteiger charge is -2.14. The number of rotatable bonds is 9. The van der Waals surface area contributed by atoms with E-state index < -0.39 is 5.97 Å². The second kappa shape index (κ2) is 12.8. The molecule has 4 aromatic carbocycles. The average molecular weight is 636 g/mol. The zero-order valence-electron chi connectivity index (χ0n) is 26.8. The molecule has 11 nitrogen and oxygen atoms in total. The first kappa shape index (κ1) is 31.0. The van der Waals surface area contributed by atoms with E-state index in [1.807, 2.05) is 44.2 Å². The van der Waals surface area contributed by atoms with Gasteiger partial charge in [-0.05, 0) is 73.5 Å². The van der Waals surface area contributed by atoms with Crippen LogP contribution in [-0.2, 0) is 4.79 Å². The highest BCUT2D eigenvalue weighted by Gasteiger charge is 2.27. The van der Waals surface area contributed by atoms with E-state index in [2.05, 4.69) is 5.32 Å². The third-order valence-corrected chi connectivity index (χ3v) is 7.67. The van der Waals surface area contributed by atoms with Crippen LogP contribution in [0.4, 0.5) is 5.69 Å². The highest BCUT2D eigenvalue weighted by Crippen LogP contribution is 2.46. The second-order valence-electron chi connectivity index (χ2n) is 10.8. The number of hydrogen-bond acceptors (Lipinski definition) is 9. The zero-order chi connectivity index (χ0) is 33.2. The summed E-state index contributed by atoms with van der Waals surface area (Å²) in [6.45, 7) is 5.44. The summed E-state index contributed by atoms with van der Waals surface area (Å²) in [6.07, 6.45) is 0. The van der Waals surface area contributed by atoms with Gasteiger partial charge < -0.3 is 33.7 Å². The Morgan fingerprint density at radius 3 is 2.15 bits per heavy atom. The SMILES string of the molecule is COc1cc(-c2nn(-c3ccc(C)cc3C)c(OC(C)=O)c2-c2ccc(NC(=O)c3ccc4c(c3)OCO4)cc2)cc(OC)c1OC. The predicted octanol–water partition coefficient (Wildman–Crippen LogP) is 6.76. The molecule has 1 amide bonds. The van der Waals surface area contributed by atoms with Gasteiger partial charge in [0, 0.05) is 23.7 Å². The number of esters is 1. The number of carbonyl (C=O) groups excluding carboxylic acids is 2. The minimum Gasteiger partial charge on any atom is -0.493 e. The molecular formula is C36H33N3O8. The van der Waals surface area contributed by atoms with Crippen LogP contribution in [0.15, 0.2) is 72.8 Å². The minimum atomic E-state index is -0.513. The van der Waals surface area contributed by atoms with Crippen molar-refractivity contribution in [2.45, 2.75) is 20.8 Å². The molecular weight excluding hydrogens is 602 g/mol. The molecule has 1 aromatic heterocycles. The quantitative estimate of drug-likeness (QED) is 0.175. The number of fused-ring (bicyclic) bond motifs is 1. The number of benzene rings is 4. The van der Waals surface area contributed by atoms with Gasteiger partial charge in [0.25, 0.3) is 5.91 Å². The second-order valence-corrected chi connectivity index (χ2v) is 10.8. The molecule has 240 valence electrons. The average Bonchev–Trinajstić information content (AvgIpc) is 3.68. The molecule has 0 spiro atoms. The first-order valence-corrected chi connectivity index (χ1v) is 14.7. The number of carbonyl (C=O) groups is 2. The Bertz CT molecular complexity index is 1970. The summed E-state index contributed by atoms with van der Waals surface area (Å²) < 4.78 is 35.1. The van der Waals surface area contributed by atoms with Gasteiger partial charge in [-0.3, -0.25) is 9.59 Å². The maximum absolute atomic E-state index is 13.1. The molecule has 0 saturated carbocycles. The van der Waals surface area contributed by atoms with E-state index in [0.717, 1.165) is 16.8 Å². The molecule has 47 heavy (non-hydrogen) atoms. The molecule has 5 aromatic rings. The Balaban J connectivity index is 1.48. The van der Waals surface area contributed by atoms with Crippen LogP contribution in [0.1, 0.15) is 28.4 Å². The van der Waals surface area contributed by atoms with Crippen LogP contribution in [0, 0.1) is 13.8 Å². The number of aromatic nitrogens is 2. The van der Waals surface area contributed by atoms with E-state index in [0.29, 0.717) is 62.4 Å². The third kappa shape index (κ3) is 6.02. The summed E-state index contributed by atoms with van der Waals surface area (Å²) in [7, 11) is 4.61. The first-order chi connectivity index (χ1) is 22.7. The van der Waals surface area contributed by atoms with Gasteiger partial charge in [0.15, 0.2) is 23.0 Å². The lowest BCUT2D eigenvalue weighted by Crippen LogP contribution is -2.11.